The van der Waals surface area contributed by atoms with Crippen LogP contribution in [0.5, 0.6) is 0 Å². The highest BCUT2D eigenvalue weighted by atomic mass is 16.4. The van der Waals surface area contributed by atoms with Crippen LogP contribution in [-0.4, -0.2) is 26.2 Å². The van der Waals surface area contributed by atoms with Crippen LogP contribution in [0.25, 0.3) is 17.0 Å². The number of nitrogens with one attached hydrogen (secondary N) is 1. The molecule has 2 aromatic heterocycles. The molecule has 0 atom stereocenters. The van der Waals surface area contributed by atoms with Gasteiger partial charge in [0.2, 0.25) is 5.89 Å². The molecule has 2 saturated carbocycles. The van der Waals surface area contributed by atoms with Crippen molar-refractivity contribution in [2.45, 2.75) is 44.1 Å². The zero-order valence-corrected chi connectivity index (χ0v) is 14.9. The van der Waals surface area contributed by atoms with Crippen LogP contribution in [0, 0.1) is 0 Å². The molecule has 3 aliphatic carbocycles. The Balaban J connectivity index is 1.33. The second kappa shape index (κ2) is 5.74. The van der Waals surface area contributed by atoms with Gasteiger partial charge in [-0.05, 0) is 55.4 Å². The van der Waals surface area contributed by atoms with Gasteiger partial charge in [0.25, 0.3) is 0 Å². The van der Waals surface area contributed by atoms with Crippen LogP contribution in [0.4, 0.5) is 6.01 Å². The maximum absolute atomic E-state index is 5.80. The first-order valence-electron chi connectivity index (χ1n) is 9.60. The third-order valence-corrected chi connectivity index (χ3v) is 5.43. The number of allylic oxidation sites excluding steroid dienone is 1. The molecule has 3 aliphatic rings. The Hall–Kier alpha value is -3.02. The maximum atomic E-state index is 5.80. The fourth-order valence-corrected chi connectivity index (χ4v) is 3.59. The van der Waals surface area contributed by atoms with Gasteiger partial charge in [0, 0.05) is 29.3 Å². The quantitative estimate of drug-likeness (QED) is 0.745. The van der Waals surface area contributed by atoms with E-state index in [0.29, 0.717) is 23.9 Å². The van der Waals surface area contributed by atoms with Gasteiger partial charge < -0.3 is 9.73 Å². The molecule has 6 rings (SSSR count). The lowest BCUT2D eigenvalue weighted by molar-refractivity contribution is 0.580. The lowest BCUT2D eigenvalue weighted by atomic mass is 10.0. The topological polar surface area (TPSA) is 76.7 Å². The van der Waals surface area contributed by atoms with Crippen LogP contribution < -0.4 is 5.32 Å². The summed E-state index contributed by atoms with van der Waals surface area (Å²) in [5, 5.41) is 11.6. The summed E-state index contributed by atoms with van der Waals surface area (Å²) in [4.78, 5) is 9.30. The fraction of sp³-hybridized carbons (Fsp3) is 0.333. The predicted octanol–water partition coefficient (Wildman–Crippen LogP) is 3.97. The van der Waals surface area contributed by atoms with Crippen LogP contribution in [0.3, 0.4) is 0 Å². The Morgan fingerprint density at radius 1 is 1.04 bits per heavy atom. The minimum Gasteiger partial charge on any atom is -0.403 e. The molecule has 6 heteroatoms. The second-order valence-corrected chi connectivity index (χ2v) is 7.63. The van der Waals surface area contributed by atoms with Crippen molar-refractivity contribution in [1.82, 2.24) is 20.2 Å². The average molecular weight is 357 g/mol. The highest BCUT2D eigenvalue weighted by molar-refractivity contribution is 5.84. The van der Waals surface area contributed by atoms with Gasteiger partial charge in [-0.2, -0.15) is 0 Å². The Kier molecular flexibility index (Phi) is 3.21. The summed E-state index contributed by atoms with van der Waals surface area (Å²) in [6.45, 7) is 0. The molecule has 0 bridgehead atoms. The van der Waals surface area contributed by atoms with Crippen molar-refractivity contribution >= 4 is 11.6 Å². The number of fused-ring (bicyclic) bond motifs is 1. The summed E-state index contributed by atoms with van der Waals surface area (Å²) in [5.74, 6) is 1.14. The highest BCUT2D eigenvalue weighted by Crippen LogP contribution is 2.40. The van der Waals surface area contributed by atoms with Gasteiger partial charge in [0.05, 0.1) is 17.6 Å². The first-order chi connectivity index (χ1) is 13.3. The second-order valence-electron chi connectivity index (χ2n) is 7.63. The molecule has 0 saturated heterocycles. The molecule has 6 nitrogen and oxygen atoms in total. The van der Waals surface area contributed by atoms with Crippen molar-refractivity contribution in [2.24, 2.45) is 0 Å². The number of aromatic nitrogens is 4. The molecule has 0 amide bonds. The van der Waals surface area contributed by atoms with Crippen molar-refractivity contribution < 1.29 is 4.42 Å². The molecule has 27 heavy (non-hydrogen) atoms. The van der Waals surface area contributed by atoms with Gasteiger partial charge in [0.15, 0.2) is 0 Å². The number of hydrogen-bond acceptors (Lipinski definition) is 6. The monoisotopic (exact) mass is 357 g/mol. The van der Waals surface area contributed by atoms with E-state index in [1.54, 1.807) is 0 Å². The average Bonchev–Trinajstić information content (AvgIpc) is 3.61. The van der Waals surface area contributed by atoms with E-state index in [0.717, 1.165) is 28.9 Å². The van der Waals surface area contributed by atoms with Crippen LogP contribution >= 0.6 is 0 Å². The van der Waals surface area contributed by atoms with Gasteiger partial charge in [-0.25, -0.2) is 4.98 Å². The zero-order chi connectivity index (χ0) is 17.8. The van der Waals surface area contributed by atoms with E-state index in [9.17, 15) is 0 Å². The Bertz CT molecular complexity index is 1060. The summed E-state index contributed by atoms with van der Waals surface area (Å²) in [6.07, 6.45) is 11.7. The molecule has 0 aliphatic heterocycles. The normalized spacial score (nSPS) is 18.3. The van der Waals surface area contributed by atoms with Crippen LogP contribution in [0.1, 0.15) is 54.1 Å². The molecule has 134 valence electrons. The molecule has 1 N–H and O–H groups in total. The molecular weight excluding hydrogens is 338 g/mol. The molecule has 3 aromatic rings. The fourth-order valence-electron chi connectivity index (χ4n) is 3.59. The summed E-state index contributed by atoms with van der Waals surface area (Å²) < 4.78 is 5.80. The van der Waals surface area contributed by atoms with Gasteiger partial charge in [-0.15, -0.1) is 5.10 Å². The van der Waals surface area contributed by atoms with Crippen LogP contribution in [-0.2, 0) is 6.42 Å². The first kappa shape index (κ1) is 15.1. The number of benzene rings is 1. The van der Waals surface area contributed by atoms with Gasteiger partial charge >= 0.3 is 6.01 Å². The third-order valence-electron chi connectivity index (χ3n) is 5.43. The molecule has 0 unspecified atom stereocenters. The highest BCUT2D eigenvalue weighted by Gasteiger charge is 2.27. The maximum Gasteiger partial charge on any atom is 0.315 e. The van der Waals surface area contributed by atoms with E-state index >= 15 is 0 Å². The summed E-state index contributed by atoms with van der Waals surface area (Å²) in [5.41, 5.74) is 6.64. The lowest BCUT2D eigenvalue weighted by Crippen LogP contribution is -2.00. The first-order valence-corrected chi connectivity index (χ1v) is 9.60. The zero-order valence-electron chi connectivity index (χ0n) is 14.9. The largest absolute Gasteiger partial charge is 0.403 e. The molecule has 0 radical (unpaired) electrons. The Morgan fingerprint density at radius 3 is 2.81 bits per heavy atom. The number of nitrogens with zero attached hydrogens (tertiary/aromatic N) is 4. The van der Waals surface area contributed by atoms with E-state index in [2.05, 4.69) is 44.8 Å². The Labute approximate surface area is 156 Å². The molecule has 2 heterocycles. The van der Waals surface area contributed by atoms with Crippen molar-refractivity contribution in [2.75, 3.05) is 5.32 Å². The Morgan fingerprint density at radius 2 is 1.96 bits per heavy atom. The van der Waals surface area contributed by atoms with E-state index in [4.69, 9.17) is 9.40 Å². The number of rotatable bonds is 5. The van der Waals surface area contributed by atoms with Gasteiger partial charge in [-0.1, -0.05) is 17.2 Å². The van der Waals surface area contributed by atoms with Crippen molar-refractivity contribution in [1.29, 1.82) is 0 Å². The van der Waals surface area contributed by atoms with Crippen molar-refractivity contribution in [3.8, 4) is 11.5 Å². The summed E-state index contributed by atoms with van der Waals surface area (Å²) in [7, 11) is 0. The number of hydrogen-bond donors (Lipinski definition) is 1. The lowest BCUT2D eigenvalue weighted by Gasteiger charge is -2.08. The molecule has 0 spiro atoms. The summed E-state index contributed by atoms with van der Waals surface area (Å²) >= 11 is 0. The van der Waals surface area contributed by atoms with Crippen LogP contribution in [0.15, 0.2) is 41.1 Å². The van der Waals surface area contributed by atoms with Crippen LogP contribution in [0.2, 0.25) is 0 Å². The van der Waals surface area contributed by atoms with Gasteiger partial charge in [0.1, 0.15) is 0 Å². The predicted molar refractivity (Wildman–Crippen MR) is 101 cm³/mol. The standard InChI is InChI=1S/C21H19N5O/c1-4-14(20-25-26-21(27-20)23-15-6-7-15)9-17-12(1)5-8-16(17)19-11-22-10-18(24-19)13-2-3-13/h1,4,8-11,13,15H,2-3,5-7H2,(H,23,26). The molecule has 1 aromatic carbocycles. The molecule has 2 fully saturated rings. The van der Waals surface area contributed by atoms with E-state index in [-0.39, 0.29) is 0 Å². The smallest absolute Gasteiger partial charge is 0.315 e. The minimum atomic E-state index is 0.491. The van der Waals surface area contributed by atoms with Gasteiger partial charge in [-0.3, -0.25) is 4.98 Å². The third kappa shape index (κ3) is 2.81. The van der Waals surface area contributed by atoms with E-state index in [1.165, 1.54) is 36.8 Å². The minimum absolute atomic E-state index is 0.491. The summed E-state index contributed by atoms with van der Waals surface area (Å²) in [6, 6.07) is 7.33. The van der Waals surface area contributed by atoms with E-state index in [1.807, 2.05) is 12.4 Å². The van der Waals surface area contributed by atoms with Crippen molar-refractivity contribution in [3.05, 3.63) is 59.2 Å². The van der Waals surface area contributed by atoms with Crippen molar-refractivity contribution in [3.63, 3.8) is 0 Å². The molecular formula is C21H19N5O. The number of anilines is 1. The SMILES string of the molecule is C1=C(c2cncc(C3CC3)n2)c2cc(-c3nnc(NC4CC4)o3)ccc2C1. The van der Waals surface area contributed by atoms with E-state index < -0.39 is 0 Å².